The fourth-order valence-corrected chi connectivity index (χ4v) is 4.29. The molecular weight excluding hydrogens is 352 g/mol. The predicted octanol–water partition coefficient (Wildman–Crippen LogP) is 1.04. The lowest BCUT2D eigenvalue weighted by Crippen LogP contribution is -2.57. The molecule has 0 spiro atoms. The summed E-state index contributed by atoms with van der Waals surface area (Å²) in [4.78, 5) is 12.6. The average molecular weight is 377 g/mol. The molecule has 0 atom stereocenters. The third-order valence-corrected chi connectivity index (χ3v) is 6.30. The molecule has 1 saturated heterocycles. The number of piperidine rings is 1. The monoisotopic (exact) mass is 376 g/mol. The molecule has 1 aliphatic heterocycles. The maximum absolute atomic E-state index is 12.6. The zero-order chi connectivity index (χ0) is 16.9. The maximum atomic E-state index is 12.6. The molecule has 8 heteroatoms. The lowest BCUT2D eigenvalue weighted by atomic mass is 9.95. The summed E-state index contributed by atoms with van der Waals surface area (Å²) >= 11 is 0. The molecule has 1 fully saturated rings. The van der Waals surface area contributed by atoms with Crippen molar-refractivity contribution < 1.29 is 17.9 Å². The lowest BCUT2D eigenvalue weighted by molar-refractivity contribution is -0.124. The average Bonchev–Trinajstić information content (AvgIpc) is 2.53. The molecule has 0 aromatic heterocycles. The zero-order valence-corrected chi connectivity index (χ0v) is 15.6. The van der Waals surface area contributed by atoms with E-state index in [0.29, 0.717) is 39.1 Å². The van der Waals surface area contributed by atoms with Crippen LogP contribution in [-0.2, 0) is 32.5 Å². The van der Waals surface area contributed by atoms with Gasteiger partial charge in [-0.3, -0.25) is 4.79 Å². The van der Waals surface area contributed by atoms with Gasteiger partial charge in [0.1, 0.15) is 0 Å². The molecule has 6 nitrogen and oxygen atoms in total. The van der Waals surface area contributed by atoms with Gasteiger partial charge in [0, 0.05) is 19.9 Å². The van der Waals surface area contributed by atoms with Crippen LogP contribution < -0.4 is 10.6 Å². The van der Waals surface area contributed by atoms with Gasteiger partial charge in [0.15, 0.2) is 14.6 Å². The highest BCUT2D eigenvalue weighted by atomic mass is 35.5. The number of ether oxygens (including phenoxy) is 1. The molecule has 0 saturated carbocycles. The van der Waals surface area contributed by atoms with Gasteiger partial charge in [-0.25, -0.2) is 8.42 Å². The molecule has 1 heterocycles. The Labute approximate surface area is 149 Å². The van der Waals surface area contributed by atoms with Crippen molar-refractivity contribution in [2.75, 3.05) is 26.5 Å². The zero-order valence-electron chi connectivity index (χ0n) is 14.0. The van der Waals surface area contributed by atoms with Crippen LogP contribution in [0.3, 0.4) is 0 Å². The summed E-state index contributed by atoms with van der Waals surface area (Å²) in [6.45, 7) is 1.87. The highest BCUT2D eigenvalue weighted by molar-refractivity contribution is 7.92. The number of hydrogen-bond acceptors (Lipinski definition) is 5. The van der Waals surface area contributed by atoms with E-state index in [2.05, 4.69) is 10.6 Å². The highest BCUT2D eigenvalue weighted by Crippen LogP contribution is 2.28. The van der Waals surface area contributed by atoms with Crippen molar-refractivity contribution in [1.29, 1.82) is 0 Å². The number of amides is 1. The Bertz CT molecular complexity index is 658. The molecule has 1 amide bonds. The largest absolute Gasteiger partial charge is 0.380 e. The van der Waals surface area contributed by atoms with E-state index in [9.17, 15) is 13.2 Å². The summed E-state index contributed by atoms with van der Waals surface area (Å²) in [7, 11) is -1.85. The van der Waals surface area contributed by atoms with Gasteiger partial charge in [-0.2, -0.15) is 0 Å². The van der Waals surface area contributed by atoms with E-state index in [1.54, 1.807) is 7.11 Å². The van der Waals surface area contributed by atoms with Crippen molar-refractivity contribution in [1.82, 2.24) is 10.6 Å². The number of nitrogens with one attached hydrogen (secondary N) is 2. The Morgan fingerprint density at radius 2 is 1.92 bits per heavy atom. The Kier molecular flexibility index (Phi) is 7.66. The molecule has 0 bridgehead atoms. The standard InChI is InChI=1S/C16H24N2O4S.ClH/c1-22-12-14-5-3-4-13(10-14)11-18-15(19)16(23(2,20)21)6-8-17-9-7-16;/h3-5,10,17H,6-9,11-12H2,1-2H3,(H,18,19);1H. The van der Waals surface area contributed by atoms with Crippen molar-refractivity contribution >= 4 is 28.2 Å². The number of halogens is 1. The summed E-state index contributed by atoms with van der Waals surface area (Å²) in [6.07, 6.45) is 1.76. The smallest absolute Gasteiger partial charge is 0.241 e. The van der Waals surface area contributed by atoms with Gasteiger partial charge in [-0.15, -0.1) is 12.4 Å². The molecule has 0 unspecified atom stereocenters. The molecule has 0 radical (unpaired) electrons. The highest BCUT2D eigenvalue weighted by Gasteiger charge is 2.48. The third-order valence-electron chi connectivity index (χ3n) is 4.29. The van der Waals surface area contributed by atoms with E-state index in [0.717, 1.165) is 17.4 Å². The molecular formula is C16H25ClN2O4S. The summed E-state index contributed by atoms with van der Waals surface area (Å²) < 4.78 is 28.2. The second kappa shape index (κ2) is 8.80. The normalized spacial score (nSPS) is 16.9. The first-order valence-corrected chi connectivity index (χ1v) is 9.53. The number of rotatable bonds is 6. The van der Waals surface area contributed by atoms with Gasteiger partial charge >= 0.3 is 0 Å². The first-order chi connectivity index (χ1) is 10.9. The van der Waals surface area contributed by atoms with Crippen LogP contribution >= 0.6 is 12.4 Å². The lowest BCUT2D eigenvalue weighted by Gasteiger charge is -2.34. The Morgan fingerprint density at radius 1 is 1.29 bits per heavy atom. The number of carbonyl (C=O) groups is 1. The summed E-state index contributed by atoms with van der Waals surface area (Å²) in [5.74, 6) is -0.404. The van der Waals surface area contributed by atoms with Crippen molar-refractivity contribution in [2.45, 2.75) is 30.7 Å². The Balaban J connectivity index is 0.00000288. The molecule has 1 aromatic rings. The first-order valence-electron chi connectivity index (χ1n) is 7.64. The number of hydrogen-bond donors (Lipinski definition) is 2. The molecule has 2 N–H and O–H groups in total. The molecule has 0 aliphatic carbocycles. The van der Waals surface area contributed by atoms with Gasteiger partial charge in [0.05, 0.1) is 6.61 Å². The number of methoxy groups -OCH3 is 1. The van der Waals surface area contributed by atoms with E-state index < -0.39 is 20.5 Å². The van der Waals surface area contributed by atoms with Crippen LogP contribution in [0.1, 0.15) is 24.0 Å². The van der Waals surface area contributed by atoms with Gasteiger partial charge < -0.3 is 15.4 Å². The van der Waals surface area contributed by atoms with Crippen LogP contribution in [0.2, 0.25) is 0 Å². The van der Waals surface area contributed by atoms with Crippen LogP contribution in [-0.4, -0.2) is 45.5 Å². The fourth-order valence-electron chi connectivity index (χ4n) is 2.94. The van der Waals surface area contributed by atoms with Crippen LogP contribution in [0.15, 0.2) is 24.3 Å². The van der Waals surface area contributed by atoms with Gasteiger partial charge in [-0.05, 0) is 37.1 Å². The second-order valence-corrected chi connectivity index (χ2v) is 8.28. The molecule has 1 aromatic carbocycles. The van der Waals surface area contributed by atoms with Crippen LogP contribution in [0.4, 0.5) is 0 Å². The van der Waals surface area contributed by atoms with Gasteiger partial charge in [0.25, 0.3) is 0 Å². The number of sulfone groups is 1. The topological polar surface area (TPSA) is 84.5 Å². The SMILES string of the molecule is COCc1cccc(CNC(=O)C2(S(C)(=O)=O)CCNCC2)c1.Cl. The van der Waals surface area contributed by atoms with Crippen molar-refractivity contribution in [3.8, 4) is 0 Å². The van der Waals surface area contributed by atoms with E-state index in [-0.39, 0.29) is 12.4 Å². The second-order valence-electron chi connectivity index (χ2n) is 5.95. The Hall–Kier alpha value is -1.15. The minimum Gasteiger partial charge on any atom is -0.380 e. The van der Waals surface area contributed by atoms with Crippen LogP contribution in [0.25, 0.3) is 0 Å². The molecule has 24 heavy (non-hydrogen) atoms. The minimum absolute atomic E-state index is 0. The summed E-state index contributed by atoms with van der Waals surface area (Å²) in [5, 5.41) is 5.90. The Morgan fingerprint density at radius 3 is 2.50 bits per heavy atom. The summed E-state index contributed by atoms with van der Waals surface area (Å²) in [5.41, 5.74) is 1.93. The molecule has 1 aliphatic rings. The van der Waals surface area contributed by atoms with Gasteiger partial charge in [0.2, 0.25) is 5.91 Å². The van der Waals surface area contributed by atoms with Crippen molar-refractivity contribution in [2.24, 2.45) is 0 Å². The first kappa shape index (κ1) is 20.9. The van der Waals surface area contributed by atoms with E-state index >= 15 is 0 Å². The fraction of sp³-hybridized carbons (Fsp3) is 0.562. The molecule has 136 valence electrons. The van der Waals surface area contributed by atoms with Crippen LogP contribution in [0.5, 0.6) is 0 Å². The number of carbonyl (C=O) groups excluding carboxylic acids is 1. The van der Waals surface area contributed by atoms with Crippen LogP contribution in [0, 0.1) is 0 Å². The third kappa shape index (κ3) is 4.69. The van der Waals surface area contributed by atoms with E-state index in [1.165, 1.54) is 0 Å². The van der Waals surface area contributed by atoms with Gasteiger partial charge in [-0.1, -0.05) is 24.3 Å². The van der Waals surface area contributed by atoms with E-state index in [4.69, 9.17) is 4.74 Å². The summed E-state index contributed by atoms with van der Waals surface area (Å²) in [6, 6.07) is 7.68. The van der Waals surface area contributed by atoms with E-state index in [1.807, 2.05) is 24.3 Å². The quantitative estimate of drug-likeness (QED) is 0.774. The predicted molar refractivity (Wildman–Crippen MR) is 95.9 cm³/mol. The molecule has 2 rings (SSSR count). The minimum atomic E-state index is -3.48. The van der Waals surface area contributed by atoms with Crippen molar-refractivity contribution in [3.63, 3.8) is 0 Å². The van der Waals surface area contributed by atoms with Crippen molar-refractivity contribution in [3.05, 3.63) is 35.4 Å². The maximum Gasteiger partial charge on any atom is 0.241 e. The number of benzene rings is 1.